The monoisotopic (exact) mass is 307 g/mol. The molecule has 0 radical (unpaired) electrons. The molecular formula is C16H25N3OS. The van der Waals surface area contributed by atoms with Gasteiger partial charge < -0.3 is 15.5 Å². The lowest BCUT2D eigenvalue weighted by Gasteiger charge is -2.21. The highest BCUT2D eigenvalue weighted by Crippen LogP contribution is 2.18. The second-order valence-corrected chi connectivity index (χ2v) is 6.51. The maximum atomic E-state index is 12.3. The lowest BCUT2D eigenvalue weighted by atomic mass is 10.1. The molecule has 21 heavy (non-hydrogen) atoms. The number of anilines is 1. The van der Waals surface area contributed by atoms with E-state index in [1.165, 1.54) is 5.56 Å². The third kappa shape index (κ3) is 4.93. The first-order valence-corrected chi connectivity index (χ1v) is 8.83. The number of carbonyl (C=O) groups is 1. The predicted octanol–water partition coefficient (Wildman–Crippen LogP) is 3.33. The van der Waals surface area contributed by atoms with Gasteiger partial charge in [0, 0.05) is 30.6 Å². The molecule has 0 aliphatic carbocycles. The van der Waals surface area contributed by atoms with Crippen molar-refractivity contribution < 1.29 is 4.79 Å². The number of urea groups is 1. The highest BCUT2D eigenvalue weighted by atomic mass is 32.2. The van der Waals surface area contributed by atoms with E-state index in [1.54, 1.807) is 0 Å². The minimum absolute atomic E-state index is 0.0192. The molecule has 1 heterocycles. The van der Waals surface area contributed by atoms with Crippen molar-refractivity contribution in [1.29, 1.82) is 0 Å². The van der Waals surface area contributed by atoms with Gasteiger partial charge in [0.15, 0.2) is 0 Å². The van der Waals surface area contributed by atoms with Crippen molar-refractivity contribution in [2.75, 3.05) is 36.5 Å². The molecule has 2 amide bonds. The van der Waals surface area contributed by atoms with Crippen LogP contribution in [-0.4, -0.2) is 42.1 Å². The summed E-state index contributed by atoms with van der Waals surface area (Å²) in [5, 5.41) is 6.41. The van der Waals surface area contributed by atoms with Crippen molar-refractivity contribution in [3.05, 3.63) is 29.8 Å². The summed E-state index contributed by atoms with van der Waals surface area (Å²) in [6.45, 7) is 6.86. The minimum Gasteiger partial charge on any atom is -0.324 e. The van der Waals surface area contributed by atoms with Crippen LogP contribution < -0.4 is 10.6 Å². The first-order valence-electron chi connectivity index (χ1n) is 7.67. The van der Waals surface area contributed by atoms with Gasteiger partial charge in [-0.1, -0.05) is 19.1 Å². The third-order valence-electron chi connectivity index (χ3n) is 3.66. The van der Waals surface area contributed by atoms with Crippen LogP contribution in [0, 0.1) is 0 Å². The van der Waals surface area contributed by atoms with E-state index in [1.807, 2.05) is 28.8 Å². The van der Waals surface area contributed by atoms with Crippen LogP contribution >= 0.6 is 11.8 Å². The fourth-order valence-corrected chi connectivity index (χ4v) is 3.35. The Kier molecular flexibility index (Phi) is 6.39. The largest absolute Gasteiger partial charge is 0.324 e. The second-order valence-electron chi connectivity index (χ2n) is 5.29. The molecule has 1 aliphatic heterocycles. The number of amides is 2. The Balaban J connectivity index is 1.98. The fourth-order valence-electron chi connectivity index (χ4n) is 2.46. The zero-order valence-electron chi connectivity index (χ0n) is 12.9. The number of hydrogen-bond acceptors (Lipinski definition) is 3. The van der Waals surface area contributed by atoms with Crippen molar-refractivity contribution in [3.8, 4) is 0 Å². The normalized spacial score (nSPS) is 17.1. The summed E-state index contributed by atoms with van der Waals surface area (Å²) >= 11 is 1.93. The summed E-state index contributed by atoms with van der Waals surface area (Å²) in [7, 11) is 0. The molecule has 2 N–H and O–H groups in total. The van der Waals surface area contributed by atoms with E-state index in [-0.39, 0.29) is 6.03 Å². The fraction of sp³-hybridized carbons (Fsp3) is 0.562. The van der Waals surface area contributed by atoms with Crippen LogP contribution in [0.5, 0.6) is 0 Å². The topological polar surface area (TPSA) is 44.4 Å². The third-order valence-corrected chi connectivity index (χ3v) is 4.71. The number of thioether (sulfide) groups is 1. The van der Waals surface area contributed by atoms with Crippen LogP contribution in [0.3, 0.4) is 0 Å². The molecule has 1 unspecified atom stereocenters. The maximum absolute atomic E-state index is 12.3. The summed E-state index contributed by atoms with van der Waals surface area (Å²) < 4.78 is 0. The molecule has 4 nitrogen and oxygen atoms in total. The number of rotatable bonds is 4. The Morgan fingerprint density at radius 3 is 3.05 bits per heavy atom. The van der Waals surface area contributed by atoms with E-state index in [9.17, 15) is 4.79 Å². The molecule has 1 aromatic rings. The van der Waals surface area contributed by atoms with Crippen LogP contribution in [0.25, 0.3) is 0 Å². The van der Waals surface area contributed by atoms with Crippen molar-refractivity contribution in [2.45, 2.75) is 26.3 Å². The molecule has 1 aliphatic rings. The molecule has 0 aromatic heterocycles. The van der Waals surface area contributed by atoms with Gasteiger partial charge in [0.2, 0.25) is 0 Å². The minimum atomic E-state index is 0.0192. The first-order chi connectivity index (χ1) is 10.2. The van der Waals surface area contributed by atoms with Crippen LogP contribution in [0.2, 0.25) is 0 Å². The van der Waals surface area contributed by atoms with Gasteiger partial charge in [0.05, 0.1) is 0 Å². The van der Waals surface area contributed by atoms with Gasteiger partial charge in [-0.2, -0.15) is 11.8 Å². The molecule has 2 rings (SSSR count). The standard InChI is InChI=1S/C16H25N3OS/c1-3-17-13(2)14-6-4-7-15(12-14)18-16(20)19-8-5-10-21-11-9-19/h4,6-7,12-13,17H,3,5,8-11H2,1-2H3,(H,18,20). The van der Waals surface area contributed by atoms with E-state index in [4.69, 9.17) is 0 Å². The van der Waals surface area contributed by atoms with E-state index < -0.39 is 0 Å². The Morgan fingerprint density at radius 2 is 2.24 bits per heavy atom. The Hall–Kier alpha value is -1.20. The van der Waals surface area contributed by atoms with Gasteiger partial charge in [-0.3, -0.25) is 0 Å². The van der Waals surface area contributed by atoms with E-state index in [2.05, 4.69) is 36.6 Å². The lowest BCUT2D eigenvalue weighted by molar-refractivity contribution is 0.216. The smallest absolute Gasteiger partial charge is 0.321 e. The molecule has 0 saturated carbocycles. The molecule has 5 heteroatoms. The average Bonchev–Trinajstić information content (AvgIpc) is 2.77. The predicted molar refractivity (Wildman–Crippen MR) is 91.1 cm³/mol. The number of nitrogens with zero attached hydrogens (tertiary/aromatic N) is 1. The van der Waals surface area contributed by atoms with Crippen molar-refractivity contribution in [3.63, 3.8) is 0 Å². The van der Waals surface area contributed by atoms with Crippen LogP contribution in [0.15, 0.2) is 24.3 Å². The first kappa shape index (κ1) is 16.2. The van der Waals surface area contributed by atoms with Gasteiger partial charge in [-0.15, -0.1) is 0 Å². The van der Waals surface area contributed by atoms with Gasteiger partial charge in [-0.05, 0) is 43.3 Å². The summed E-state index contributed by atoms with van der Waals surface area (Å²) in [6.07, 6.45) is 1.08. The summed E-state index contributed by atoms with van der Waals surface area (Å²) in [6, 6.07) is 8.40. The van der Waals surface area contributed by atoms with E-state index in [0.29, 0.717) is 6.04 Å². The van der Waals surface area contributed by atoms with Crippen LogP contribution in [0.1, 0.15) is 31.9 Å². The summed E-state index contributed by atoms with van der Waals surface area (Å²) in [5.74, 6) is 2.18. The number of hydrogen-bond donors (Lipinski definition) is 2. The average molecular weight is 307 g/mol. The number of carbonyl (C=O) groups excluding carboxylic acids is 1. The Labute approximate surface area is 131 Å². The molecule has 0 bridgehead atoms. The number of nitrogens with one attached hydrogen (secondary N) is 2. The summed E-state index contributed by atoms with van der Waals surface area (Å²) in [4.78, 5) is 14.2. The maximum Gasteiger partial charge on any atom is 0.321 e. The van der Waals surface area contributed by atoms with Crippen molar-refractivity contribution >= 4 is 23.5 Å². The van der Waals surface area contributed by atoms with Crippen molar-refractivity contribution in [1.82, 2.24) is 10.2 Å². The zero-order chi connectivity index (χ0) is 15.1. The van der Waals surface area contributed by atoms with Gasteiger partial charge in [0.1, 0.15) is 0 Å². The molecule has 1 aromatic carbocycles. The molecule has 1 fully saturated rings. The van der Waals surface area contributed by atoms with E-state index >= 15 is 0 Å². The molecular weight excluding hydrogens is 282 g/mol. The van der Waals surface area contributed by atoms with Crippen LogP contribution in [-0.2, 0) is 0 Å². The lowest BCUT2D eigenvalue weighted by Crippen LogP contribution is -2.36. The molecule has 1 saturated heterocycles. The molecule has 116 valence electrons. The second kappa shape index (κ2) is 8.29. The van der Waals surface area contributed by atoms with Crippen LogP contribution in [0.4, 0.5) is 10.5 Å². The highest BCUT2D eigenvalue weighted by molar-refractivity contribution is 7.99. The SMILES string of the molecule is CCNC(C)c1cccc(NC(=O)N2CCCSCC2)c1. The van der Waals surface area contributed by atoms with Gasteiger partial charge in [0.25, 0.3) is 0 Å². The zero-order valence-corrected chi connectivity index (χ0v) is 13.7. The number of benzene rings is 1. The Bertz CT molecular complexity index is 459. The summed E-state index contributed by atoms with van der Waals surface area (Å²) in [5.41, 5.74) is 2.07. The van der Waals surface area contributed by atoms with Crippen molar-refractivity contribution in [2.24, 2.45) is 0 Å². The van der Waals surface area contributed by atoms with E-state index in [0.717, 1.165) is 43.2 Å². The Morgan fingerprint density at radius 1 is 1.38 bits per heavy atom. The molecule has 0 spiro atoms. The van der Waals surface area contributed by atoms with Gasteiger partial charge >= 0.3 is 6.03 Å². The van der Waals surface area contributed by atoms with Gasteiger partial charge in [-0.25, -0.2) is 4.79 Å². The molecule has 1 atom stereocenters. The quantitative estimate of drug-likeness (QED) is 0.897. The highest BCUT2D eigenvalue weighted by Gasteiger charge is 2.15.